The van der Waals surface area contributed by atoms with Crippen LogP contribution in [0.1, 0.15) is 52.0 Å². The van der Waals surface area contributed by atoms with Crippen LogP contribution in [0.4, 0.5) is 0 Å². The summed E-state index contributed by atoms with van der Waals surface area (Å²) in [5.74, 6) is 1.89. The molecule has 1 atom stereocenters. The molecule has 2 N–H and O–H groups in total. The standard InChI is InChI=1S/C17H29NO2/c1-4-8-15(18)10-7-9-14-13-16(19-5-2)11-12-17(14)20-6-3/h11-13,15H,4-10,18H2,1-3H3. The molecule has 0 aromatic heterocycles. The zero-order chi connectivity index (χ0) is 14.8. The molecule has 1 unspecified atom stereocenters. The van der Waals surface area contributed by atoms with Crippen LogP contribution in [0, 0.1) is 0 Å². The summed E-state index contributed by atoms with van der Waals surface area (Å²) in [6.45, 7) is 7.57. The maximum Gasteiger partial charge on any atom is 0.122 e. The number of hydrogen-bond donors (Lipinski definition) is 1. The van der Waals surface area contributed by atoms with Crippen molar-refractivity contribution < 1.29 is 9.47 Å². The smallest absolute Gasteiger partial charge is 0.122 e. The lowest BCUT2D eigenvalue weighted by atomic mass is 10.0. The minimum absolute atomic E-state index is 0.325. The van der Waals surface area contributed by atoms with Crippen LogP contribution in [0.5, 0.6) is 11.5 Å². The van der Waals surface area contributed by atoms with E-state index < -0.39 is 0 Å². The first kappa shape index (κ1) is 16.8. The monoisotopic (exact) mass is 279 g/mol. The van der Waals surface area contributed by atoms with E-state index in [1.54, 1.807) is 0 Å². The molecule has 0 saturated heterocycles. The maximum atomic E-state index is 6.07. The molecule has 1 rings (SSSR count). The average Bonchev–Trinajstić information content (AvgIpc) is 2.42. The Morgan fingerprint density at radius 2 is 1.80 bits per heavy atom. The van der Waals surface area contributed by atoms with Crippen molar-refractivity contribution in [1.82, 2.24) is 0 Å². The van der Waals surface area contributed by atoms with Gasteiger partial charge in [0.15, 0.2) is 0 Å². The molecule has 114 valence electrons. The molecular weight excluding hydrogens is 250 g/mol. The van der Waals surface area contributed by atoms with E-state index in [1.807, 2.05) is 26.0 Å². The third-order valence-corrected chi connectivity index (χ3v) is 3.32. The van der Waals surface area contributed by atoms with Gasteiger partial charge in [-0.1, -0.05) is 13.3 Å². The zero-order valence-electron chi connectivity index (χ0n) is 13.2. The Morgan fingerprint density at radius 3 is 2.45 bits per heavy atom. The van der Waals surface area contributed by atoms with Crippen LogP contribution in [0.3, 0.4) is 0 Å². The van der Waals surface area contributed by atoms with Crippen LogP contribution < -0.4 is 15.2 Å². The van der Waals surface area contributed by atoms with E-state index >= 15 is 0 Å². The quantitative estimate of drug-likeness (QED) is 0.705. The predicted octanol–water partition coefficient (Wildman–Crippen LogP) is 3.93. The Kier molecular flexibility index (Phi) is 8.12. The Morgan fingerprint density at radius 1 is 1.05 bits per heavy atom. The average molecular weight is 279 g/mol. The maximum absolute atomic E-state index is 6.07. The van der Waals surface area contributed by atoms with Gasteiger partial charge in [-0.05, 0) is 63.3 Å². The summed E-state index contributed by atoms with van der Waals surface area (Å²) in [4.78, 5) is 0. The van der Waals surface area contributed by atoms with Gasteiger partial charge in [-0.15, -0.1) is 0 Å². The Balaban J connectivity index is 2.61. The zero-order valence-corrected chi connectivity index (χ0v) is 13.2. The highest BCUT2D eigenvalue weighted by atomic mass is 16.5. The molecule has 0 amide bonds. The summed E-state index contributed by atoms with van der Waals surface area (Å²) in [7, 11) is 0. The number of nitrogens with two attached hydrogens (primary N) is 1. The van der Waals surface area contributed by atoms with Gasteiger partial charge in [-0.3, -0.25) is 0 Å². The van der Waals surface area contributed by atoms with Crippen LogP contribution in [-0.4, -0.2) is 19.3 Å². The molecule has 0 bridgehead atoms. The van der Waals surface area contributed by atoms with Gasteiger partial charge in [0.05, 0.1) is 13.2 Å². The third-order valence-electron chi connectivity index (χ3n) is 3.32. The molecule has 3 nitrogen and oxygen atoms in total. The minimum atomic E-state index is 0.325. The fraction of sp³-hybridized carbons (Fsp3) is 0.647. The van der Waals surface area contributed by atoms with Gasteiger partial charge in [-0.2, -0.15) is 0 Å². The molecule has 3 heteroatoms. The third kappa shape index (κ3) is 5.83. The van der Waals surface area contributed by atoms with Gasteiger partial charge < -0.3 is 15.2 Å². The lowest BCUT2D eigenvalue weighted by molar-refractivity contribution is 0.327. The number of ether oxygens (including phenoxy) is 2. The van der Waals surface area contributed by atoms with Crippen LogP contribution in [0.25, 0.3) is 0 Å². The van der Waals surface area contributed by atoms with Gasteiger partial charge in [0.2, 0.25) is 0 Å². The lowest BCUT2D eigenvalue weighted by Gasteiger charge is -2.14. The molecule has 20 heavy (non-hydrogen) atoms. The number of rotatable bonds is 10. The van der Waals surface area contributed by atoms with Crippen molar-refractivity contribution in [2.24, 2.45) is 5.73 Å². The normalized spacial score (nSPS) is 12.2. The van der Waals surface area contributed by atoms with Crippen molar-refractivity contribution in [3.05, 3.63) is 23.8 Å². The van der Waals surface area contributed by atoms with Gasteiger partial charge in [-0.25, -0.2) is 0 Å². The van der Waals surface area contributed by atoms with Crippen LogP contribution in [-0.2, 0) is 6.42 Å². The van der Waals surface area contributed by atoms with Crippen LogP contribution >= 0.6 is 0 Å². The van der Waals surface area contributed by atoms with Gasteiger partial charge in [0.1, 0.15) is 11.5 Å². The van der Waals surface area contributed by atoms with E-state index in [9.17, 15) is 0 Å². The molecule has 0 radical (unpaired) electrons. The van der Waals surface area contributed by atoms with E-state index in [-0.39, 0.29) is 0 Å². The molecule has 1 aromatic carbocycles. The second kappa shape index (κ2) is 9.65. The Bertz CT molecular complexity index is 379. The Hall–Kier alpha value is -1.22. The minimum Gasteiger partial charge on any atom is -0.494 e. The van der Waals surface area contributed by atoms with E-state index in [0.29, 0.717) is 19.3 Å². The summed E-state index contributed by atoms with van der Waals surface area (Å²) < 4.78 is 11.3. The van der Waals surface area contributed by atoms with Gasteiger partial charge in [0, 0.05) is 6.04 Å². The van der Waals surface area contributed by atoms with Crippen molar-refractivity contribution in [2.45, 2.75) is 58.9 Å². The second-order valence-electron chi connectivity index (χ2n) is 5.08. The highest BCUT2D eigenvalue weighted by molar-refractivity contribution is 5.40. The fourth-order valence-electron chi connectivity index (χ4n) is 2.37. The summed E-state index contributed by atoms with van der Waals surface area (Å²) >= 11 is 0. The van der Waals surface area contributed by atoms with E-state index in [1.165, 1.54) is 5.56 Å². The van der Waals surface area contributed by atoms with E-state index in [2.05, 4.69) is 13.0 Å². The Labute approximate surface area is 123 Å². The highest BCUT2D eigenvalue weighted by Gasteiger charge is 2.07. The summed E-state index contributed by atoms with van der Waals surface area (Å²) in [6, 6.07) is 6.40. The summed E-state index contributed by atoms with van der Waals surface area (Å²) in [5, 5.41) is 0. The lowest BCUT2D eigenvalue weighted by Crippen LogP contribution is -2.19. The SMILES string of the molecule is CCCC(N)CCCc1cc(OCC)ccc1OCC. The first-order valence-electron chi connectivity index (χ1n) is 7.85. The van der Waals surface area contributed by atoms with Crippen molar-refractivity contribution in [3.8, 4) is 11.5 Å². The molecule has 0 fully saturated rings. The van der Waals surface area contributed by atoms with Crippen molar-refractivity contribution in [3.63, 3.8) is 0 Å². The summed E-state index contributed by atoms with van der Waals surface area (Å²) in [5.41, 5.74) is 7.29. The summed E-state index contributed by atoms with van der Waals surface area (Å²) in [6.07, 6.45) is 5.42. The van der Waals surface area contributed by atoms with Crippen molar-refractivity contribution in [1.29, 1.82) is 0 Å². The largest absolute Gasteiger partial charge is 0.494 e. The second-order valence-corrected chi connectivity index (χ2v) is 5.08. The van der Waals surface area contributed by atoms with Gasteiger partial charge in [0.25, 0.3) is 0 Å². The fourth-order valence-corrected chi connectivity index (χ4v) is 2.37. The first-order valence-corrected chi connectivity index (χ1v) is 7.85. The van der Waals surface area contributed by atoms with Crippen molar-refractivity contribution in [2.75, 3.05) is 13.2 Å². The molecule has 0 aliphatic heterocycles. The number of hydrogen-bond acceptors (Lipinski definition) is 3. The first-order chi connectivity index (χ1) is 9.71. The number of benzene rings is 1. The van der Waals surface area contributed by atoms with Crippen LogP contribution in [0.2, 0.25) is 0 Å². The van der Waals surface area contributed by atoms with Gasteiger partial charge >= 0.3 is 0 Å². The van der Waals surface area contributed by atoms with E-state index in [4.69, 9.17) is 15.2 Å². The molecule has 0 aliphatic carbocycles. The molecule has 0 aliphatic rings. The number of aryl methyl sites for hydroxylation is 1. The topological polar surface area (TPSA) is 44.5 Å². The predicted molar refractivity (Wildman–Crippen MR) is 84.6 cm³/mol. The molecule has 0 spiro atoms. The molecule has 1 aromatic rings. The van der Waals surface area contributed by atoms with Crippen LogP contribution in [0.15, 0.2) is 18.2 Å². The highest BCUT2D eigenvalue weighted by Crippen LogP contribution is 2.26. The molecule has 0 saturated carbocycles. The molecule has 0 heterocycles. The van der Waals surface area contributed by atoms with E-state index in [0.717, 1.165) is 43.6 Å². The van der Waals surface area contributed by atoms with Crippen molar-refractivity contribution >= 4 is 0 Å². The molecular formula is C17H29NO2.